The lowest BCUT2D eigenvalue weighted by Crippen LogP contribution is -2.32. The maximum Gasteiger partial charge on any atom is 0.126 e. The molecule has 0 N–H and O–H groups in total. The van der Waals surface area contributed by atoms with Crippen LogP contribution in [0.15, 0.2) is 11.4 Å². The van der Waals surface area contributed by atoms with Crippen molar-refractivity contribution in [1.29, 1.82) is 0 Å². The van der Waals surface area contributed by atoms with Gasteiger partial charge in [0.05, 0.1) is 22.4 Å². The van der Waals surface area contributed by atoms with Gasteiger partial charge in [0.2, 0.25) is 0 Å². The van der Waals surface area contributed by atoms with Gasteiger partial charge in [-0.1, -0.05) is 13.8 Å². The molecule has 132 valence electrons. The molecule has 25 heavy (non-hydrogen) atoms. The SMILES string of the molecule is Cc1nc2sc3c(SCC(C)C)ncnc3c2c2c1COC(C)(C)C2. The van der Waals surface area contributed by atoms with Crippen molar-refractivity contribution >= 4 is 43.5 Å². The van der Waals surface area contributed by atoms with Gasteiger partial charge in [-0.05, 0) is 32.3 Å². The number of ether oxygens (including phenoxy) is 1. The smallest absolute Gasteiger partial charge is 0.126 e. The van der Waals surface area contributed by atoms with Crippen LogP contribution in [0.3, 0.4) is 0 Å². The van der Waals surface area contributed by atoms with Crippen molar-refractivity contribution in [2.75, 3.05) is 5.75 Å². The van der Waals surface area contributed by atoms with Crippen LogP contribution in [0, 0.1) is 12.8 Å². The molecule has 3 aromatic rings. The molecule has 4 rings (SSSR count). The number of nitrogens with zero attached hydrogens (tertiary/aromatic N) is 3. The Morgan fingerprint density at radius 3 is 2.84 bits per heavy atom. The van der Waals surface area contributed by atoms with Crippen LogP contribution in [0.1, 0.15) is 44.5 Å². The highest BCUT2D eigenvalue weighted by molar-refractivity contribution is 7.99. The number of thiophene rings is 1. The van der Waals surface area contributed by atoms with Crippen LogP contribution >= 0.6 is 23.1 Å². The zero-order chi connectivity index (χ0) is 17.8. The first-order valence-electron chi connectivity index (χ1n) is 8.68. The molecule has 4 heterocycles. The molecular weight excluding hydrogens is 350 g/mol. The minimum atomic E-state index is -0.149. The van der Waals surface area contributed by atoms with Gasteiger partial charge in [0.15, 0.2) is 0 Å². The lowest BCUT2D eigenvalue weighted by Gasteiger charge is -2.32. The summed E-state index contributed by atoms with van der Waals surface area (Å²) in [7, 11) is 0. The number of rotatable bonds is 3. The molecule has 0 aliphatic carbocycles. The molecule has 0 spiro atoms. The quantitative estimate of drug-likeness (QED) is 0.469. The van der Waals surface area contributed by atoms with Gasteiger partial charge in [-0.15, -0.1) is 23.1 Å². The normalized spacial score (nSPS) is 16.7. The van der Waals surface area contributed by atoms with Crippen LogP contribution in [0.4, 0.5) is 0 Å². The average molecular weight is 374 g/mol. The van der Waals surface area contributed by atoms with Crippen molar-refractivity contribution < 1.29 is 4.74 Å². The molecule has 6 heteroatoms. The average Bonchev–Trinajstić information content (AvgIpc) is 2.90. The minimum Gasteiger partial charge on any atom is -0.370 e. The molecule has 0 bridgehead atoms. The van der Waals surface area contributed by atoms with Gasteiger partial charge >= 0.3 is 0 Å². The van der Waals surface area contributed by atoms with E-state index in [-0.39, 0.29) is 5.60 Å². The van der Waals surface area contributed by atoms with E-state index in [0.29, 0.717) is 12.5 Å². The van der Waals surface area contributed by atoms with Crippen LogP contribution in [-0.4, -0.2) is 26.3 Å². The third-order valence-corrected chi connectivity index (χ3v) is 7.18. The van der Waals surface area contributed by atoms with E-state index >= 15 is 0 Å². The van der Waals surface area contributed by atoms with E-state index in [2.05, 4.69) is 44.6 Å². The summed E-state index contributed by atoms with van der Waals surface area (Å²) in [6, 6.07) is 0. The van der Waals surface area contributed by atoms with Crippen LogP contribution in [-0.2, 0) is 17.8 Å². The fourth-order valence-electron chi connectivity index (χ4n) is 3.30. The van der Waals surface area contributed by atoms with Crippen molar-refractivity contribution in [2.45, 2.75) is 58.3 Å². The standard InChI is InChI=1S/C19H23N3OS2/c1-10(2)8-24-18-16-15(20-9-21-18)14-12-6-19(4,5)23-7-13(12)11(3)22-17(14)25-16/h9-10H,6-8H2,1-5H3. The van der Waals surface area contributed by atoms with E-state index in [0.717, 1.165) is 33.2 Å². The molecule has 3 aromatic heterocycles. The van der Waals surface area contributed by atoms with Crippen LogP contribution in [0.2, 0.25) is 0 Å². The number of fused-ring (bicyclic) bond motifs is 5. The summed E-state index contributed by atoms with van der Waals surface area (Å²) in [6.45, 7) is 11.5. The van der Waals surface area contributed by atoms with Crippen molar-refractivity contribution in [3.63, 3.8) is 0 Å². The van der Waals surface area contributed by atoms with Crippen LogP contribution in [0.5, 0.6) is 0 Å². The minimum absolute atomic E-state index is 0.149. The van der Waals surface area contributed by atoms with Gasteiger partial charge in [0.25, 0.3) is 0 Å². The summed E-state index contributed by atoms with van der Waals surface area (Å²) < 4.78 is 7.20. The molecule has 0 fully saturated rings. The maximum absolute atomic E-state index is 6.03. The largest absolute Gasteiger partial charge is 0.370 e. The Morgan fingerprint density at radius 2 is 2.08 bits per heavy atom. The molecule has 0 saturated carbocycles. The maximum atomic E-state index is 6.03. The summed E-state index contributed by atoms with van der Waals surface area (Å²) >= 11 is 3.55. The summed E-state index contributed by atoms with van der Waals surface area (Å²) in [6.07, 6.45) is 2.60. The Balaban J connectivity index is 1.96. The summed E-state index contributed by atoms with van der Waals surface area (Å²) in [4.78, 5) is 15.1. The highest BCUT2D eigenvalue weighted by Crippen LogP contribution is 2.42. The molecule has 4 nitrogen and oxygen atoms in total. The number of aryl methyl sites for hydroxylation is 1. The third kappa shape index (κ3) is 3.04. The topological polar surface area (TPSA) is 47.9 Å². The number of hydrogen-bond acceptors (Lipinski definition) is 6. The molecular formula is C19H23N3OS2. The predicted octanol–water partition coefficient (Wildman–Crippen LogP) is 5.15. The molecule has 0 amide bonds. The Morgan fingerprint density at radius 1 is 1.28 bits per heavy atom. The molecule has 1 aliphatic heterocycles. The van der Waals surface area contributed by atoms with E-state index in [1.165, 1.54) is 21.2 Å². The van der Waals surface area contributed by atoms with Gasteiger partial charge in [-0.3, -0.25) is 0 Å². The van der Waals surface area contributed by atoms with Gasteiger partial charge in [-0.25, -0.2) is 15.0 Å². The number of hydrogen-bond donors (Lipinski definition) is 0. The highest BCUT2D eigenvalue weighted by atomic mass is 32.2. The first-order valence-corrected chi connectivity index (χ1v) is 10.5. The van der Waals surface area contributed by atoms with Crippen molar-refractivity contribution in [2.24, 2.45) is 5.92 Å². The highest BCUT2D eigenvalue weighted by Gasteiger charge is 2.30. The monoisotopic (exact) mass is 373 g/mol. The fourth-order valence-corrected chi connectivity index (χ4v) is 5.53. The zero-order valence-corrected chi connectivity index (χ0v) is 17.0. The van der Waals surface area contributed by atoms with E-state index in [1.807, 2.05) is 11.8 Å². The van der Waals surface area contributed by atoms with Crippen LogP contribution in [0.25, 0.3) is 20.4 Å². The number of pyridine rings is 1. The van der Waals surface area contributed by atoms with E-state index in [1.54, 1.807) is 17.7 Å². The molecule has 1 aliphatic rings. The molecule has 0 aromatic carbocycles. The Kier molecular flexibility index (Phi) is 4.25. The second kappa shape index (κ2) is 6.18. The van der Waals surface area contributed by atoms with Crippen molar-refractivity contribution in [1.82, 2.24) is 15.0 Å². The van der Waals surface area contributed by atoms with E-state index < -0.39 is 0 Å². The molecule has 0 radical (unpaired) electrons. The first kappa shape index (κ1) is 17.2. The van der Waals surface area contributed by atoms with Gasteiger partial charge in [0, 0.05) is 28.8 Å². The summed E-state index contributed by atoms with van der Waals surface area (Å²) in [5.41, 5.74) is 4.59. The molecule has 0 unspecified atom stereocenters. The van der Waals surface area contributed by atoms with E-state index in [4.69, 9.17) is 9.72 Å². The zero-order valence-electron chi connectivity index (χ0n) is 15.3. The second-order valence-electron chi connectivity index (χ2n) is 7.72. The molecule has 0 atom stereocenters. The van der Waals surface area contributed by atoms with Crippen LogP contribution < -0.4 is 0 Å². The predicted molar refractivity (Wildman–Crippen MR) is 106 cm³/mol. The molecule has 0 saturated heterocycles. The summed E-state index contributed by atoms with van der Waals surface area (Å²) in [5.74, 6) is 1.70. The number of thioether (sulfide) groups is 1. The van der Waals surface area contributed by atoms with Crippen molar-refractivity contribution in [3.05, 3.63) is 23.1 Å². The lowest BCUT2D eigenvalue weighted by atomic mass is 9.89. The fraction of sp³-hybridized carbons (Fsp3) is 0.526. The van der Waals surface area contributed by atoms with Gasteiger partial charge in [0.1, 0.15) is 16.2 Å². The summed E-state index contributed by atoms with van der Waals surface area (Å²) in [5, 5.41) is 2.30. The van der Waals surface area contributed by atoms with Gasteiger partial charge < -0.3 is 4.74 Å². The first-order chi connectivity index (χ1) is 11.9. The number of aromatic nitrogens is 3. The third-order valence-electron chi connectivity index (χ3n) is 4.56. The Bertz CT molecular complexity index is 962. The van der Waals surface area contributed by atoms with Crippen molar-refractivity contribution in [3.8, 4) is 0 Å². The van der Waals surface area contributed by atoms with E-state index in [9.17, 15) is 0 Å². The Labute approximate surface area is 156 Å². The second-order valence-corrected chi connectivity index (χ2v) is 9.73. The Hall–Kier alpha value is -1.24. The van der Waals surface area contributed by atoms with Gasteiger partial charge in [-0.2, -0.15) is 0 Å². The lowest BCUT2D eigenvalue weighted by molar-refractivity contribution is -0.0400.